The quantitative estimate of drug-likeness (QED) is 0.478. The molecule has 0 aliphatic heterocycles. The molecule has 0 spiro atoms. The van der Waals surface area contributed by atoms with E-state index in [4.69, 9.17) is 5.73 Å². The van der Waals surface area contributed by atoms with E-state index in [2.05, 4.69) is 0 Å². The molecule has 1 heteroatoms. The molecule has 0 aromatic carbocycles. The van der Waals surface area contributed by atoms with Crippen LogP contribution in [0.15, 0.2) is 0 Å². The molecule has 1 nitrogen and oxygen atoms in total. The second kappa shape index (κ2) is 1.61. The summed E-state index contributed by atoms with van der Waals surface area (Å²) in [5.41, 5.74) is 6.77. The van der Waals surface area contributed by atoms with Crippen molar-refractivity contribution < 1.29 is 0 Å². The van der Waals surface area contributed by atoms with Crippen LogP contribution in [0.25, 0.3) is 0 Å². The lowest BCUT2D eigenvalue weighted by molar-refractivity contribution is 0.728. The van der Waals surface area contributed by atoms with Crippen molar-refractivity contribution in [1.82, 2.24) is 5.73 Å². The topological polar surface area (TPSA) is 23.8 Å². The van der Waals surface area contributed by atoms with Gasteiger partial charge in [0, 0.05) is 6.54 Å². The van der Waals surface area contributed by atoms with Crippen molar-refractivity contribution in [3.63, 3.8) is 0 Å². The average molecular weight is 84.1 g/mol. The zero-order valence-electron chi connectivity index (χ0n) is 3.91. The highest BCUT2D eigenvalue weighted by Gasteiger charge is 2.19. The van der Waals surface area contributed by atoms with Crippen LogP contribution >= 0.6 is 0 Å². The van der Waals surface area contributed by atoms with Gasteiger partial charge < -0.3 is 0 Å². The Kier molecular flexibility index (Phi) is 1.10. The molecule has 1 aliphatic rings. The summed E-state index contributed by atoms with van der Waals surface area (Å²) in [7, 11) is 0. The molecule has 0 atom stereocenters. The van der Waals surface area contributed by atoms with Crippen molar-refractivity contribution >= 4 is 0 Å². The first-order valence-electron chi connectivity index (χ1n) is 2.58. The van der Waals surface area contributed by atoms with Crippen molar-refractivity contribution in [3.05, 3.63) is 0 Å². The lowest BCUT2D eigenvalue weighted by atomic mass is 10.3. The predicted octanol–water partition coefficient (Wildman–Crippen LogP) is 1.07. The highest BCUT2D eigenvalue weighted by Crippen LogP contribution is 2.31. The van der Waals surface area contributed by atoms with Gasteiger partial charge in [-0.3, -0.25) is 5.73 Å². The fraction of sp³-hybridized carbons (Fsp3) is 1.00. The summed E-state index contributed by atoms with van der Waals surface area (Å²) >= 11 is 0. The normalized spacial score (nSPS) is 21.5. The van der Waals surface area contributed by atoms with Gasteiger partial charge in [-0.1, -0.05) is 12.8 Å². The van der Waals surface area contributed by atoms with Gasteiger partial charge >= 0.3 is 0 Å². The summed E-state index contributed by atoms with van der Waals surface area (Å²) in [6, 6.07) is 0. The third kappa shape index (κ3) is 0.977. The predicted molar refractivity (Wildman–Crippen MR) is 25.3 cm³/mol. The lowest BCUT2D eigenvalue weighted by Crippen LogP contribution is -1.83. The highest BCUT2D eigenvalue weighted by atomic mass is 14.5. The average Bonchev–Trinajstić information content (AvgIpc) is 2.21. The Balaban J connectivity index is 1.88. The standard InChI is InChI=1S/C5H10N/c6-4-3-5-1-2-5/h5-6H,1-4H2. The van der Waals surface area contributed by atoms with E-state index < -0.39 is 0 Å². The van der Waals surface area contributed by atoms with Gasteiger partial charge in [0.25, 0.3) is 0 Å². The van der Waals surface area contributed by atoms with Crippen molar-refractivity contribution in [2.24, 2.45) is 5.92 Å². The van der Waals surface area contributed by atoms with Crippen molar-refractivity contribution in [1.29, 1.82) is 0 Å². The fourth-order valence-corrected chi connectivity index (χ4v) is 0.611. The lowest BCUT2D eigenvalue weighted by Gasteiger charge is -1.82. The molecule has 0 aromatic heterocycles. The Bertz CT molecular complexity index is 39.2. The van der Waals surface area contributed by atoms with E-state index >= 15 is 0 Å². The summed E-state index contributed by atoms with van der Waals surface area (Å²) in [4.78, 5) is 0. The molecule has 35 valence electrons. The van der Waals surface area contributed by atoms with Crippen LogP contribution in [0.1, 0.15) is 19.3 Å². The van der Waals surface area contributed by atoms with E-state index in [0.717, 1.165) is 12.3 Å². The van der Waals surface area contributed by atoms with Crippen LogP contribution in [-0.2, 0) is 0 Å². The summed E-state index contributed by atoms with van der Waals surface area (Å²) in [5, 5.41) is 0. The fourth-order valence-electron chi connectivity index (χ4n) is 0.611. The Morgan fingerprint density at radius 2 is 2.17 bits per heavy atom. The van der Waals surface area contributed by atoms with Crippen LogP contribution in [0.5, 0.6) is 0 Å². The van der Waals surface area contributed by atoms with Gasteiger partial charge in [-0.15, -0.1) is 0 Å². The molecule has 0 aromatic rings. The smallest absolute Gasteiger partial charge is 0.0102 e. The van der Waals surface area contributed by atoms with Crippen LogP contribution in [0.3, 0.4) is 0 Å². The monoisotopic (exact) mass is 84.1 g/mol. The Morgan fingerprint density at radius 1 is 1.50 bits per heavy atom. The third-order valence-electron chi connectivity index (χ3n) is 1.25. The Hall–Kier alpha value is -0.0400. The number of rotatable bonds is 2. The van der Waals surface area contributed by atoms with Gasteiger partial charge in [0.1, 0.15) is 0 Å². The molecule has 1 rings (SSSR count). The molecule has 0 amide bonds. The van der Waals surface area contributed by atoms with Crippen LogP contribution in [0, 0.1) is 5.92 Å². The number of nitrogens with one attached hydrogen (secondary N) is 1. The minimum atomic E-state index is 0.644. The molecule has 0 heterocycles. The molecule has 6 heavy (non-hydrogen) atoms. The van der Waals surface area contributed by atoms with Crippen LogP contribution in [0.2, 0.25) is 0 Å². The SMILES string of the molecule is [NH]CCC1CC1. The van der Waals surface area contributed by atoms with Gasteiger partial charge in [0.05, 0.1) is 0 Å². The molecule has 1 radical (unpaired) electrons. The van der Waals surface area contributed by atoms with Gasteiger partial charge in [-0.2, -0.15) is 0 Å². The Morgan fingerprint density at radius 3 is 2.33 bits per heavy atom. The molecule has 1 aliphatic carbocycles. The van der Waals surface area contributed by atoms with E-state index in [0.29, 0.717) is 6.54 Å². The first-order valence-corrected chi connectivity index (χ1v) is 2.58. The third-order valence-corrected chi connectivity index (χ3v) is 1.25. The molecule has 0 unspecified atom stereocenters. The number of hydrogen-bond acceptors (Lipinski definition) is 0. The first kappa shape index (κ1) is 4.13. The van der Waals surface area contributed by atoms with Gasteiger partial charge in [0.15, 0.2) is 0 Å². The van der Waals surface area contributed by atoms with Crippen molar-refractivity contribution in [2.75, 3.05) is 6.54 Å². The molecule has 0 bridgehead atoms. The van der Waals surface area contributed by atoms with Gasteiger partial charge in [-0.05, 0) is 12.3 Å². The first-order chi connectivity index (χ1) is 2.93. The molecular formula is C5H10N. The summed E-state index contributed by atoms with van der Waals surface area (Å²) in [6.45, 7) is 0.644. The van der Waals surface area contributed by atoms with Crippen LogP contribution in [-0.4, -0.2) is 6.54 Å². The zero-order valence-corrected chi connectivity index (χ0v) is 3.91. The van der Waals surface area contributed by atoms with E-state index in [1.807, 2.05) is 0 Å². The van der Waals surface area contributed by atoms with E-state index in [-0.39, 0.29) is 0 Å². The molecule has 1 saturated carbocycles. The summed E-state index contributed by atoms with van der Waals surface area (Å²) in [6.07, 6.45) is 3.96. The maximum atomic E-state index is 6.77. The van der Waals surface area contributed by atoms with Crippen LogP contribution in [0.4, 0.5) is 0 Å². The minimum Gasteiger partial charge on any atom is -0.258 e. The largest absolute Gasteiger partial charge is 0.258 e. The van der Waals surface area contributed by atoms with E-state index in [1.165, 1.54) is 12.8 Å². The van der Waals surface area contributed by atoms with E-state index in [1.54, 1.807) is 0 Å². The van der Waals surface area contributed by atoms with Gasteiger partial charge in [-0.25, -0.2) is 0 Å². The highest BCUT2D eigenvalue weighted by molar-refractivity contribution is 4.72. The summed E-state index contributed by atoms with van der Waals surface area (Å²) in [5.74, 6) is 0.961. The zero-order chi connectivity index (χ0) is 4.41. The number of hydrogen-bond donors (Lipinski definition) is 0. The van der Waals surface area contributed by atoms with Crippen molar-refractivity contribution in [3.8, 4) is 0 Å². The van der Waals surface area contributed by atoms with Gasteiger partial charge in [0.2, 0.25) is 0 Å². The molecule has 0 saturated heterocycles. The minimum absolute atomic E-state index is 0.644. The second-order valence-electron chi connectivity index (χ2n) is 1.98. The maximum absolute atomic E-state index is 6.77. The summed E-state index contributed by atoms with van der Waals surface area (Å²) < 4.78 is 0. The molecular weight excluding hydrogens is 74.1 g/mol. The molecule has 1 N–H and O–H groups in total. The van der Waals surface area contributed by atoms with E-state index in [9.17, 15) is 0 Å². The van der Waals surface area contributed by atoms with Crippen molar-refractivity contribution in [2.45, 2.75) is 19.3 Å². The Labute approximate surface area is 38.5 Å². The maximum Gasteiger partial charge on any atom is 0.0102 e. The molecule has 1 fully saturated rings. The van der Waals surface area contributed by atoms with Crippen LogP contribution < -0.4 is 5.73 Å². The second-order valence-corrected chi connectivity index (χ2v) is 1.98.